The molecule has 3 atom stereocenters. The zero-order valence-corrected chi connectivity index (χ0v) is 11.2. The average molecular weight is 251 g/mol. The molecule has 3 rings (SSSR count). The van der Waals surface area contributed by atoms with Crippen LogP contribution in [-0.4, -0.2) is 20.1 Å². The second-order valence-electron chi connectivity index (χ2n) is 5.52. The summed E-state index contributed by atoms with van der Waals surface area (Å²) in [6.45, 7) is 0. The van der Waals surface area contributed by atoms with E-state index >= 15 is 0 Å². The van der Waals surface area contributed by atoms with Gasteiger partial charge in [0.2, 0.25) is 0 Å². The molecule has 3 heteroatoms. The second kappa shape index (κ2) is 4.09. The highest BCUT2D eigenvalue weighted by atomic mass is 35.5. The largest absolute Gasteiger partial charge is 0.380 e. The van der Waals surface area contributed by atoms with Crippen LogP contribution in [0.3, 0.4) is 0 Å². The fourth-order valence-corrected chi connectivity index (χ4v) is 3.51. The Morgan fingerprint density at radius 2 is 2.12 bits per heavy atom. The predicted molar refractivity (Wildman–Crippen MR) is 74.0 cm³/mol. The van der Waals surface area contributed by atoms with Crippen molar-refractivity contribution >= 4 is 23.0 Å². The number of hydrogen-bond donors (Lipinski definition) is 1. The van der Waals surface area contributed by atoms with E-state index in [0.29, 0.717) is 6.04 Å². The summed E-state index contributed by atoms with van der Waals surface area (Å²) in [5.74, 6) is 1.93. The van der Waals surface area contributed by atoms with E-state index in [0.717, 1.165) is 22.5 Å². The van der Waals surface area contributed by atoms with E-state index in [4.69, 9.17) is 11.6 Å². The van der Waals surface area contributed by atoms with E-state index in [1.165, 1.54) is 24.9 Å². The van der Waals surface area contributed by atoms with Crippen LogP contribution < -0.4 is 10.2 Å². The summed E-state index contributed by atoms with van der Waals surface area (Å²) in [4.78, 5) is 2.09. The minimum absolute atomic E-state index is 0.664. The van der Waals surface area contributed by atoms with Crippen molar-refractivity contribution in [1.29, 1.82) is 0 Å². The van der Waals surface area contributed by atoms with Crippen molar-refractivity contribution in [3.63, 3.8) is 0 Å². The Hall–Kier alpha value is -0.890. The number of nitrogens with zero attached hydrogens (tertiary/aromatic N) is 1. The molecule has 2 fully saturated rings. The Kier molecular flexibility index (Phi) is 2.70. The molecule has 0 saturated heterocycles. The molecule has 0 amide bonds. The van der Waals surface area contributed by atoms with Crippen LogP contribution >= 0.6 is 11.6 Å². The van der Waals surface area contributed by atoms with E-state index in [1.807, 2.05) is 26.2 Å². The zero-order valence-electron chi connectivity index (χ0n) is 10.4. The van der Waals surface area contributed by atoms with Crippen molar-refractivity contribution < 1.29 is 0 Å². The number of nitrogens with one attached hydrogen (secondary N) is 1. The molecule has 1 aromatic carbocycles. The molecule has 0 aliphatic heterocycles. The van der Waals surface area contributed by atoms with Crippen molar-refractivity contribution in [2.75, 3.05) is 24.3 Å². The molecule has 2 aliphatic carbocycles. The van der Waals surface area contributed by atoms with Crippen LogP contribution in [0.15, 0.2) is 18.2 Å². The van der Waals surface area contributed by atoms with Gasteiger partial charge in [-0.15, -0.1) is 0 Å². The van der Waals surface area contributed by atoms with Gasteiger partial charge in [-0.25, -0.2) is 0 Å². The molecule has 92 valence electrons. The number of rotatable bonds is 3. The molecule has 3 unspecified atom stereocenters. The number of halogens is 1. The molecular formula is C14H19ClN2. The highest BCUT2D eigenvalue weighted by Gasteiger charge is 2.48. The van der Waals surface area contributed by atoms with Gasteiger partial charge in [0.05, 0.1) is 16.4 Å². The predicted octanol–water partition coefficient (Wildman–Crippen LogP) is 3.62. The summed E-state index contributed by atoms with van der Waals surface area (Å²) < 4.78 is 0. The lowest BCUT2D eigenvalue weighted by Gasteiger charge is -2.23. The quantitative estimate of drug-likeness (QED) is 0.882. The van der Waals surface area contributed by atoms with Crippen LogP contribution in [0.5, 0.6) is 0 Å². The summed E-state index contributed by atoms with van der Waals surface area (Å²) in [5.41, 5.74) is 2.29. The van der Waals surface area contributed by atoms with Crippen molar-refractivity contribution in [3.8, 4) is 0 Å². The van der Waals surface area contributed by atoms with E-state index < -0.39 is 0 Å². The lowest BCUT2D eigenvalue weighted by atomic mass is 10.1. The molecule has 0 aromatic heterocycles. The first-order chi connectivity index (χ1) is 8.16. The minimum Gasteiger partial charge on any atom is -0.380 e. The van der Waals surface area contributed by atoms with Gasteiger partial charge in [0, 0.05) is 20.1 Å². The summed E-state index contributed by atoms with van der Waals surface area (Å²) >= 11 is 6.27. The van der Waals surface area contributed by atoms with Crippen molar-refractivity contribution in [2.24, 2.45) is 11.8 Å². The second-order valence-corrected chi connectivity index (χ2v) is 5.93. The van der Waals surface area contributed by atoms with Gasteiger partial charge in [0.25, 0.3) is 0 Å². The Labute approximate surface area is 108 Å². The summed E-state index contributed by atoms with van der Waals surface area (Å²) in [6.07, 6.45) is 4.14. The van der Waals surface area contributed by atoms with Crippen molar-refractivity contribution in [2.45, 2.75) is 25.3 Å². The zero-order chi connectivity index (χ0) is 12.0. The maximum absolute atomic E-state index is 6.27. The van der Waals surface area contributed by atoms with Crippen LogP contribution in [0.4, 0.5) is 11.4 Å². The first-order valence-electron chi connectivity index (χ1n) is 6.39. The standard InChI is InChI=1S/C14H19ClN2/c1-17(2)14-11(15)4-3-5-13(14)16-12-7-6-9-8-10(9)12/h3-5,9-10,12,16H,6-8H2,1-2H3. The minimum atomic E-state index is 0.664. The van der Waals surface area contributed by atoms with Crippen molar-refractivity contribution in [3.05, 3.63) is 23.2 Å². The van der Waals surface area contributed by atoms with Crippen LogP contribution in [0, 0.1) is 11.8 Å². The van der Waals surface area contributed by atoms with E-state index in [1.54, 1.807) is 0 Å². The molecule has 0 spiro atoms. The molecule has 2 nitrogen and oxygen atoms in total. The van der Waals surface area contributed by atoms with Gasteiger partial charge < -0.3 is 10.2 Å². The first kappa shape index (κ1) is 11.2. The van der Waals surface area contributed by atoms with Gasteiger partial charge in [-0.2, -0.15) is 0 Å². The summed E-state index contributed by atoms with van der Waals surface area (Å²) in [7, 11) is 4.09. The molecule has 1 N–H and O–H groups in total. The van der Waals surface area contributed by atoms with E-state index in [2.05, 4.69) is 16.3 Å². The highest BCUT2D eigenvalue weighted by molar-refractivity contribution is 6.34. The van der Waals surface area contributed by atoms with Crippen LogP contribution in [0.25, 0.3) is 0 Å². The van der Waals surface area contributed by atoms with Gasteiger partial charge in [-0.05, 0) is 43.2 Å². The van der Waals surface area contributed by atoms with Gasteiger partial charge in [-0.3, -0.25) is 0 Å². The molecule has 2 saturated carbocycles. The molecule has 17 heavy (non-hydrogen) atoms. The van der Waals surface area contributed by atoms with Gasteiger partial charge in [0.15, 0.2) is 0 Å². The lowest BCUT2D eigenvalue weighted by Crippen LogP contribution is -2.21. The fourth-order valence-electron chi connectivity index (χ4n) is 3.17. The third kappa shape index (κ3) is 1.99. The van der Waals surface area contributed by atoms with Crippen molar-refractivity contribution in [1.82, 2.24) is 0 Å². The molecule has 0 bridgehead atoms. The van der Waals surface area contributed by atoms with Crippen LogP contribution in [-0.2, 0) is 0 Å². The number of para-hydroxylation sites is 1. The smallest absolute Gasteiger partial charge is 0.0786 e. The van der Waals surface area contributed by atoms with Gasteiger partial charge in [0.1, 0.15) is 0 Å². The number of benzene rings is 1. The lowest BCUT2D eigenvalue weighted by molar-refractivity contribution is 0.654. The Morgan fingerprint density at radius 1 is 1.29 bits per heavy atom. The SMILES string of the molecule is CN(C)c1c(Cl)cccc1NC1CCC2CC21. The van der Waals surface area contributed by atoms with Crippen LogP contribution in [0.2, 0.25) is 5.02 Å². The van der Waals surface area contributed by atoms with E-state index in [9.17, 15) is 0 Å². The highest BCUT2D eigenvalue weighted by Crippen LogP contribution is 2.53. The molecule has 1 aromatic rings. The van der Waals surface area contributed by atoms with Gasteiger partial charge in [-0.1, -0.05) is 17.7 Å². The summed E-state index contributed by atoms with van der Waals surface area (Å²) in [6, 6.07) is 6.78. The number of fused-ring (bicyclic) bond motifs is 1. The van der Waals surface area contributed by atoms with Gasteiger partial charge >= 0.3 is 0 Å². The third-order valence-electron chi connectivity index (χ3n) is 4.12. The first-order valence-corrected chi connectivity index (χ1v) is 6.77. The summed E-state index contributed by atoms with van der Waals surface area (Å²) in [5, 5.41) is 4.52. The van der Waals surface area contributed by atoms with Crippen LogP contribution in [0.1, 0.15) is 19.3 Å². The Bertz CT molecular complexity index is 430. The maximum atomic E-state index is 6.27. The Balaban J connectivity index is 1.84. The Morgan fingerprint density at radius 3 is 2.71 bits per heavy atom. The third-order valence-corrected chi connectivity index (χ3v) is 4.42. The topological polar surface area (TPSA) is 15.3 Å². The number of anilines is 2. The monoisotopic (exact) mass is 250 g/mol. The normalized spacial score (nSPS) is 29.9. The molecular weight excluding hydrogens is 232 g/mol. The molecule has 0 heterocycles. The maximum Gasteiger partial charge on any atom is 0.0786 e. The molecule has 2 aliphatic rings. The average Bonchev–Trinajstić information content (AvgIpc) is 2.95. The molecule has 0 radical (unpaired) electrons. The number of hydrogen-bond acceptors (Lipinski definition) is 2. The van der Waals surface area contributed by atoms with E-state index in [-0.39, 0.29) is 0 Å². The fraction of sp³-hybridized carbons (Fsp3) is 0.571.